The molecule has 3 aromatic heterocycles. The first-order valence-electron chi connectivity index (χ1n) is 17.7. The molecular weight excluding hydrogens is 719 g/mol. The number of carbonyl (C=O) groups is 4. The number of rotatable bonds is 11. The molecule has 0 saturated heterocycles. The molecule has 3 N–H and O–H groups in total. The van der Waals surface area contributed by atoms with Gasteiger partial charge in [0.05, 0.1) is 13.2 Å². The summed E-state index contributed by atoms with van der Waals surface area (Å²) in [5, 5.41) is 15.5. The summed E-state index contributed by atoms with van der Waals surface area (Å²) in [7, 11) is 11.2. The van der Waals surface area contributed by atoms with E-state index in [-0.39, 0.29) is 48.2 Å². The molecule has 3 atom stereocenters. The lowest BCUT2D eigenvalue weighted by atomic mass is 10.1. The Bertz CT molecular complexity index is 1620. The summed E-state index contributed by atoms with van der Waals surface area (Å²) in [6.45, 7) is 6.94. The van der Waals surface area contributed by atoms with Crippen LogP contribution in [-0.2, 0) is 43.2 Å². The molecule has 0 aliphatic carbocycles. The largest absolute Gasteiger partial charge is 0.383 e. The second kappa shape index (κ2) is 20.4. The number of ketones is 1. The number of hydrogen-bond donors (Lipinski definition) is 3. The third kappa shape index (κ3) is 10.6. The molecule has 0 spiro atoms. The molecule has 6 rings (SSSR count). The van der Waals surface area contributed by atoms with Crippen molar-refractivity contribution in [3.8, 4) is 0 Å². The minimum atomic E-state index is -0.299. The van der Waals surface area contributed by atoms with Crippen LogP contribution in [0.5, 0.6) is 0 Å². The SMILES string of the molecule is CNC1C(=O)N(CC(C)=O)CCc2ccsc21.CNC1C(=O)N(CCN(C)C)CCc2ccsc21.CNC1C(=O)N(CCOC)CCc2ccsc21. The Hall–Kier alpha value is -3.02. The standard InChI is InChI=1S/C13H21N3OS.C12H18N2O2S.C12H16N2O2S/c1-14-11-12-10(5-9-18-12)4-6-16(13(11)17)8-7-15(2)3;1-13-10-11-9(4-8-17-11)3-5-14(12(10)15)6-7-16-2;1-8(15)7-14-5-3-9-4-6-17-11(9)10(13-2)12(14)16/h5,9,11,14H,4,6-8H2,1-3H3;4,8,10,13H,3,5-7H2,1-2H3;4,6,10,13H,3,5,7H2,1-2H3. The van der Waals surface area contributed by atoms with Gasteiger partial charge in [-0.15, -0.1) is 34.0 Å². The number of ether oxygens (including phenoxy) is 1. The summed E-state index contributed by atoms with van der Waals surface area (Å²) < 4.78 is 5.05. The quantitative estimate of drug-likeness (QED) is 0.270. The highest BCUT2D eigenvalue weighted by molar-refractivity contribution is 7.10. The number of carbonyl (C=O) groups excluding carboxylic acids is 4. The van der Waals surface area contributed by atoms with E-state index in [4.69, 9.17) is 4.74 Å². The molecule has 52 heavy (non-hydrogen) atoms. The van der Waals surface area contributed by atoms with E-state index in [1.165, 1.54) is 28.5 Å². The number of methoxy groups -OCH3 is 1. The van der Waals surface area contributed by atoms with E-state index in [1.807, 2.05) is 43.4 Å². The van der Waals surface area contributed by atoms with Crippen molar-refractivity contribution in [3.63, 3.8) is 0 Å². The van der Waals surface area contributed by atoms with Gasteiger partial charge in [-0.05, 0) is 112 Å². The number of nitrogens with one attached hydrogen (secondary N) is 3. The summed E-state index contributed by atoms with van der Waals surface area (Å²) in [6, 6.07) is 5.68. The summed E-state index contributed by atoms with van der Waals surface area (Å²) in [5.74, 6) is 0.397. The zero-order valence-corrected chi connectivity index (χ0v) is 34.0. The number of likely N-dealkylation sites (N-methyl/N-ethyl adjacent to an activating group) is 4. The van der Waals surface area contributed by atoms with Crippen LogP contribution in [-0.4, -0.2) is 138 Å². The van der Waals surface area contributed by atoms with Crippen molar-refractivity contribution >= 4 is 57.5 Å². The van der Waals surface area contributed by atoms with Gasteiger partial charge in [-0.1, -0.05) is 0 Å². The van der Waals surface area contributed by atoms with E-state index in [0.29, 0.717) is 19.7 Å². The van der Waals surface area contributed by atoms with Crippen LogP contribution in [0.15, 0.2) is 34.3 Å². The van der Waals surface area contributed by atoms with Crippen LogP contribution in [0.4, 0.5) is 0 Å². The molecule has 3 aromatic rings. The van der Waals surface area contributed by atoms with E-state index in [2.05, 4.69) is 49.8 Å². The van der Waals surface area contributed by atoms with Crippen molar-refractivity contribution in [2.24, 2.45) is 0 Å². The Morgan fingerprint density at radius 1 is 0.712 bits per heavy atom. The Balaban J connectivity index is 0.000000175. The number of thiophene rings is 3. The Morgan fingerprint density at radius 3 is 1.46 bits per heavy atom. The van der Waals surface area contributed by atoms with Gasteiger partial charge in [-0.2, -0.15) is 0 Å². The van der Waals surface area contributed by atoms with Crippen LogP contribution in [0.1, 0.15) is 56.4 Å². The molecular formula is C37H55N7O5S3. The lowest BCUT2D eigenvalue weighted by Crippen LogP contribution is -2.42. The van der Waals surface area contributed by atoms with Crippen LogP contribution in [0, 0.1) is 0 Å². The molecule has 6 heterocycles. The van der Waals surface area contributed by atoms with Gasteiger partial charge in [0.15, 0.2) is 0 Å². The van der Waals surface area contributed by atoms with Gasteiger partial charge in [0.1, 0.15) is 23.9 Å². The van der Waals surface area contributed by atoms with E-state index in [0.717, 1.165) is 55.2 Å². The molecule has 286 valence electrons. The third-order valence-corrected chi connectivity index (χ3v) is 12.5. The maximum atomic E-state index is 12.5. The molecule has 15 heteroatoms. The minimum absolute atomic E-state index is 0.00361. The molecule has 3 amide bonds. The Morgan fingerprint density at radius 2 is 1.10 bits per heavy atom. The predicted octanol–water partition coefficient (Wildman–Crippen LogP) is 2.98. The van der Waals surface area contributed by atoms with Crippen LogP contribution >= 0.6 is 34.0 Å². The lowest BCUT2D eigenvalue weighted by Gasteiger charge is -2.25. The van der Waals surface area contributed by atoms with Crippen molar-refractivity contribution in [1.82, 2.24) is 35.6 Å². The third-order valence-electron chi connectivity index (χ3n) is 9.42. The molecule has 12 nitrogen and oxygen atoms in total. The van der Waals surface area contributed by atoms with Crippen LogP contribution in [0.3, 0.4) is 0 Å². The fraction of sp³-hybridized carbons (Fsp3) is 0.568. The number of fused-ring (bicyclic) bond motifs is 3. The molecule has 0 aromatic carbocycles. The second-order valence-corrected chi connectivity index (χ2v) is 16.1. The average Bonchev–Trinajstić information content (AvgIpc) is 3.86. The molecule has 0 saturated carbocycles. The van der Waals surface area contributed by atoms with Gasteiger partial charge < -0.3 is 40.3 Å². The smallest absolute Gasteiger partial charge is 0.245 e. The van der Waals surface area contributed by atoms with Crippen molar-refractivity contribution < 1.29 is 23.9 Å². The highest BCUT2D eigenvalue weighted by Gasteiger charge is 2.33. The first-order valence-corrected chi connectivity index (χ1v) is 20.4. The topological polar surface area (TPSA) is 127 Å². The van der Waals surface area contributed by atoms with E-state index in [9.17, 15) is 19.2 Å². The number of amides is 3. The fourth-order valence-corrected chi connectivity index (χ4v) is 9.72. The first kappa shape index (κ1) is 41.7. The van der Waals surface area contributed by atoms with E-state index in [1.54, 1.807) is 53.1 Å². The minimum Gasteiger partial charge on any atom is -0.383 e. The number of nitrogens with zero attached hydrogens (tertiary/aromatic N) is 4. The molecule has 0 fully saturated rings. The average molecular weight is 774 g/mol. The first-order chi connectivity index (χ1) is 25.0. The zero-order valence-electron chi connectivity index (χ0n) is 31.5. The molecule has 3 unspecified atom stereocenters. The zero-order chi connectivity index (χ0) is 37.8. The maximum absolute atomic E-state index is 12.5. The normalized spacial score (nSPS) is 20.1. The second-order valence-electron chi connectivity index (χ2n) is 13.3. The molecule has 3 aliphatic rings. The van der Waals surface area contributed by atoms with Gasteiger partial charge >= 0.3 is 0 Å². The van der Waals surface area contributed by atoms with Gasteiger partial charge in [-0.25, -0.2) is 0 Å². The highest BCUT2D eigenvalue weighted by atomic mass is 32.1. The Labute approximate surface area is 320 Å². The number of hydrogen-bond acceptors (Lipinski definition) is 12. The van der Waals surface area contributed by atoms with Gasteiger partial charge in [0, 0.05) is 61.0 Å². The van der Waals surface area contributed by atoms with Crippen molar-refractivity contribution in [1.29, 1.82) is 0 Å². The number of Topliss-reactive ketones (excluding diaryl/α,β-unsaturated/α-hetero) is 1. The highest BCUT2D eigenvalue weighted by Crippen LogP contribution is 2.31. The van der Waals surface area contributed by atoms with E-state index < -0.39 is 0 Å². The van der Waals surface area contributed by atoms with Gasteiger partial charge in [0.25, 0.3) is 0 Å². The summed E-state index contributed by atoms with van der Waals surface area (Å²) in [5.41, 5.74) is 3.83. The molecule has 3 aliphatic heterocycles. The molecule has 0 radical (unpaired) electrons. The van der Waals surface area contributed by atoms with Crippen LogP contribution in [0.2, 0.25) is 0 Å². The van der Waals surface area contributed by atoms with Crippen LogP contribution < -0.4 is 16.0 Å². The van der Waals surface area contributed by atoms with Crippen molar-refractivity contribution in [2.45, 2.75) is 44.3 Å². The summed E-state index contributed by atoms with van der Waals surface area (Å²) >= 11 is 4.94. The van der Waals surface area contributed by atoms with Gasteiger partial charge in [0.2, 0.25) is 17.7 Å². The maximum Gasteiger partial charge on any atom is 0.245 e. The van der Waals surface area contributed by atoms with Crippen LogP contribution in [0.25, 0.3) is 0 Å². The van der Waals surface area contributed by atoms with Gasteiger partial charge in [-0.3, -0.25) is 19.2 Å². The fourth-order valence-electron chi connectivity index (χ4n) is 6.56. The predicted molar refractivity (Wildman–Crippen MR) is 210 cm³/mol. The lowest BCUT2D eigenvalue weighted by molar-refractivity contribution is -0.136. The van der Waals surface area contributed by atoms with Crippen molar-refractivity contribution in [3.05, 3.63) is 65.7 Å². The van der Waals surface area contributed by atoms with Crippen molar-refractivity contribution in [2.75, 3.05) is 94.8 Å². The Kier molecular flexibility index (Phi) is 16.4. The monoisotopic (exact) mass is 773 g/mol. The summed E-state index contributed by atoms with van der Waals surface area (Å²) in [6.07, 6.45) is 2.73. The molecule has 0 bridgehead atoms. The summed E-state index contributed by atoms with van der Waals surface area (Å²) in [4.78, 5) is 59.4. The van der Waals surface area contributed by atoms with E-state index >= 15 is 0 Å².